The number of amides is 2. The van der Waals surface area contributed by atoms with E-state index in [-0.39, 0.29) is 17.7 Å². The highest BCUT2D eigenvalue weighted by molar-refractivity contribution is 6.08. The molecule has 1 N–H and O–H groups in total. The van der Waals surface area contributed by atoms with Gasteiger partial charge in [-0.3, -0.25) is 14.5 Å². The Morgan fingerprint density at radius 1 is 1.25 bits per heavy atom. The molecule has 1 saturated heterocycles. The first-order valence-electron chi connectivity index (χ1n) is 7.18. The quantitative estimate of drug-likeness (QED) is 0.918. The van der Waals surface area contributed by atoms with Gasteiger partial charge in [0.25, 0.3) is 5.91 Å². The van der Waals surface area contributed by atoms with E-state index < -0.39 is 12.1 Å². The number of hydrogen-bond donors (Lipinski definition) is 1. The van der Waals surface area contributed by atoms with Gasteiger partial charge in [-0.15, -0.1) is 0 Å². The molecule has 0 aromatic heterocycles. The molecule has 1 fully saturated rings. The first-order chi connectivity index (χ1) is 9.47. The molecule has 2 unspecified atom stereocenters. The monoisotopic (exact) mass is 274 g/mol. The lowest BCUT2D eigenvalue weighted by atomic mass is 9.96. The number of carbonyl (C=O) groups is 2. The Bertz CT molecular complexity index is 525. The maximum absolute atomic E-state index is 12.7. The molecule has 1 heterocycles. The summed E-state index contributed by atoms with van der Waals surface area (Å²) in [6.45, 7) is 7.72. The van der Waals surface area contributed by atoms with Crippen LogP contribution < -0.4 is 10.2 Å². The van der Waals surface area contributed by atoms with Crippen LogP contribution >= 0.6 is 0 Å². The van der Waals surface area contributed by atoms with Crippen molar-refractivity contribution in [2.75, 3.05) is 4.90 Å². The normalized spacial score (nSPS) is 23.1. The van der Waals surface area contributed by atoms with Crippen LogP contribution in [0.25, 0.3) is 0 Å². The summed E-state index contributed by atoms with van der Waals surface area (Å²) < 4.78 is 0. The second-order valence-electron chi connectivity index (χ2n) is 5.60. The zero-order chi connectivity index (χ0) is 14.9. The average Bonchev–Trinajstić information content (AvgIpc) is 2.43. The first kappa shape index (κ1) is 14.6. The van der Waals surface area contributed by atoms with Crippen molar-refractivity contribution in [3.05, 3.63) is 29.8 Å². The summed E-state index contributed by atoms with van der Waals surface area (Å²) in [4.78, 5) is 26.5. The second-order valence-corrected chi connectivity index (χ2v) is 5.60. The van der Waals surface area contributed by atoms with Crippen molar-refractivity contribution >= 4 is 17.5 Å². The lowest BCUT2D eigenvalue weighted by Gasteiger charge is -2.39. The highest BCUT2D eigenvalue weighted by Crippen LogP contribution is 2.27. The van der Waals surface area contributed by atoms with Gasteiger partial charge in [0.15, 0.2) is 0 Å². The zero-order valence-corrected chi connectivity index (χ0v) is 12.5. The van der Waals surface area contributed by atoms with Gasteiger partial charge in [-0.2, -0.15) is 0 Å². The fourth-order valence-electron chi connectivity index (χ4n) is 2.62. The number of benzene rings is 1. The number of nitrogens with zero attached hydrogens (tertiary/aromatic N) is 1. The van der Waals surface area contributed by atoms with Crippen molar-refractivity contribution in [2.24, 2.45) is 5.92 Å². The van der Waals surface area contributed by atoms with Gasteiger partial charge in [0.1, 0.15) is 12.1 Å². The number of anilines is 1. The zero-order valence-electron chi connectivity index (χ0n) is 12.5. The van der Waals surface area contributed by atoms with E-state index in [1.807, 2.05) is 38.1 Å². The van der Waals surface area contributed by atoms with Crippen LogP contribution in [0.1, 0.15) is 33.3 Å². The summed E-state index contributed by atoms with van der Waals surface area (Å²) in [7, 11) is 0. The minimum absolute atomic E-state index is 0.0204. The summed E-state index contributed by atoms with van der Waals surface area (Å²) >= 11 is 0. The molecule has 1 aromatic carbocycles. The van der Waals surface area contributed by atoms with Crippen molar-refractivity contribution in [2.45, 2.75) is 46.2 Å². The van der Waals surface area contributed by atoms with E-state index in [9.17, 15) is 9.59 Å². The number of carbonyl (C=O) groups excluding carboxylic acids is 2. The van der Waals surface area contributed by atoms with Crippen LogP contribution in [0.15, 0.2) is 24.3 Å². The minimum atomic E-state index is -0.467. The molecule has 108 valence electrons. The number of aryl methyl sites for hydroxylation is 1. The Morgan fingerprint density at radius 2 is 1.90 bits per heavy atom. The minimum Gasteiger partial charge on any atom is -0.342 e. The van der Waals surface area contributed by atoms with E-state index >= 15 is 0 Å². The van der Waals surface area contributed by atoms with Crippen LogP contribution in [-0.2, 0) is 16.0 Å². The first-order valence-corrected chi connectivity index (χ1v) is 7.18. The maximum atomic E-state index is 12.7. The highest BCUT2D eigenvalue weighted by Gasteiger charge is 2.40. The lowest BCUT2D eigenvalue weighted by Crippen LogP contribution is -2.64. The fraction of sp³-hybridized carbons (Fsp3) is 0.500. The van der Waals surface area contributed by atoms with Crippen LogP contribution in [-0.4, -0.2) is 23.9 Å². The van der Waals surface area contributed by atoms with E-state index in [1.165, 1.54) is 0 Å². The Balaban J connectivity index is 2.46. The molecular weight excluding hydrogens is 252 g/mol. The number of rotatable bonds is 3. The van der Waals surface area contributed by atoms with E-state index in [0.717, 1.165) is 17.7 Å². The summed E-state index contributed by atoms with van der Waals surface area (Å²) in [5.41, 5.74) is 1.94. The average molecular weight is 274 g/mol. The number of nitrogens with one attached hydrogen (secondary N) is 1. The molecule has 4 nitrogen and oxygen atoms in total. The van der Waals surface area contributed by atoms with Gasteiger partial charge in [-0.1, -0.05) is 39.0 Å². The summed E-state index contributed by atoms with van der Waals surface area (Å²) in [6, 6.07) is 6.89. The van der Waals surface area contributed by atoms with Gasteiger partial charge in [0.2, 0.25) is 5.91 Å². The summed E-state index contributed by atoms with van der Waals surface area (Å²) in [6.07, 6.45) is 0.834. The standard InChI is InChI=1S/C16H22N2O2/c1-5-12-8-6-7-9-13(12)18-11(4)15(19)17-14(10(2)3)16(18)20/h6-11,14H,5H2,1-4H3,(H,17,19). The molecule has 1 aromatic rings. The SMILES string of the molecule is CCc1ccccc1N1C(=O)C(C(C)C)NC(=O)C1C. The van der Waals surface area contributed by atoms with Crippen LogP contribution in [0.3, 0.4) is 0 Å². The fourth-order valence-corrected chi connectivity index (χ4v) is 2.62. The molecule has 2 amide bonds. The van der Waals surface area contributed by atoms with Crippen molar-refractivity contribution in [3.63, 3.8) is 0 Å². The van der Waals surface area contributed by atoms with Gasteiger partial charge < -0.3 is 5.32 Å². The van der Waals surface area contributed by atoms with Crippen molar-refractivity contribution in [1.29, 1.82) is 0 Å². The lowest BCUT2D eigenvalue weighted by molar-refractivity contribution is -0.134. The third-order valence-electron chi connectivity index (χ3n) is 3.87. The Hall–Kier alpha value is -1.84. The topological polar surface area (TPSA) is 49.4 Å². The maximum Gasteiger partial charge on any atom is 0.250 e. The molecule has 0 spiro atoms. The number of para-hydroxylation sites is 1. The third kappa shape index (κ3) is 2.42. The van der Waals surface area contributed by atoms with E-state index in [1.54, 1.807) is 11.8 Å². The molecule has 1 aliphatic rings. The van der Waals surface area contributed by atoms with Crippen LogP contribution in [0, 0.1) is 5.92 Å². The predicted molar refractivity (Wildman–Crippen MR) is 79.5 cm³/mol. The molecule has 0 radical (unpaired) electrons. The molecule has 20 heavy (non-hydrogen) atoms. The largest absolute Gasteiger partial charge is 0.342 e. The van der Waals surface area contributed by atoms with Crippen LogP contribution in [0.4, 0.5) is 5.69 Å². The van der Waals surface area contributed by atoms with Crippen molar-refractivity contribution in [3.8, 4) is 0 Å². The van der Waals surface area contributed by atoms with Gasteiger partial charge in [-0.05, 0) is 30.9 Å². The Kier molecular flexibility index (Phi) is 4.12. The number of piperazine rings is 1. The molecule has 2 rings (SSSR count). The molecular formula is C16H22N2O2. The molecule has 1 aliphatic heterocycles. The Labute approximate surface area is 120 Å². The molecule has 0 aliphatic carbocycles. The molecule has 0 saturated carbocycles. The summed E-state index contributed by atoms with van der Waals surface area (Å²) in [5, 5.41) is 2.82. The molecule has 0 bridgehead atoms. The van der Waals surface area contributed by atoms with Crippen molar-refractivity contribution in [1.82, 2.24) is 5.32 Å². The summed E-state index contributed by atoms with van der Waals surface area (Å²) in [5.74, 6) is -0.0301. The number of hydrogen-bond acceptors (Lipinski definition) is 2. The van der Waals surface area contributed by atoms with E-state index in [0.29, 0.717) is 0 Å². The molecule has 2 atom stereocenters. The van der Waals surface area contributed by atoms with Gasteiger partial charge >= 0.3 is 0 Å². The van der Waals surface area contributed by atoms with Crippen molar-refractivity contribution < 1.29 is 9.59 Å². The second kappa shape index (κ2) is 5.65. The highest BCUT2D eigenvalue weighted by atomic mass is 16.2. The smallest absolute Gasteiger partial charge is 0.250 e. The predicted octanol–water partition coefficient (Wildman–Crippen LogP) is 2.12. The van der Waals surface area contributed by atoms with Crippen LogP contribution in [0.2, 0.25) is 0 Å². The Morgan fingerprint density at radius 3 is 2.50 bits per heavy atom. The molecule has 4 heteroatoms. The van der Waals surface area contributed by atoms with Gasteiger partial charge in [0, 0.05) is 5.69 Å². The van der Waals surface area contributed by atoms with Crippen LogP contribution in [0.5, 0.6) is 0 Å². The third-order valence-corrected chi connectivity index (χ3v) is 3.87. The van der Waals surface area contributed by atoms with E-state index in [4.69, 9.17) is 0 Å². The van der Waals surface area contributed by atoms with Gasteiger partial charge in [0.05, 0.1) is 0 Å². The van der Waals surface area contributed by atoms with E-state index in [2.05, 4.69) is 12.2 Å². The van der Waals surface area contributed by atoms with Gasteiger partial charge in [-0.25, -0.2) is 0 Å².